The molecular weight excluding hydrogens is 391 g/mol. The number of methoxy groups -OCH3 is 2. The fourth-order valence-electron chi connectivity index (χ4n) is 2.57. The van der Waals surface area contributed by atoms with Crippen LogP contribution in [0.2, 0.25) is 5.02 Å². The summed E-state index contributed by atoms with van der Waals surface area (Å²) in [7, 11) is 3.10. The first-order valence-electron chi connectivity index (χ1n) is 7.84. The van der Waals surface area contributed by atoms with Crippen LogP contribution in [0, 0.1) is 5.82 Å². The van der Waals surface area contributed by atoms with Crippen molar-refractivity contribution in [3.05, 3.63) is 58.5 Å². The smallest absolute Gasteiger partial charge is 0.283 e. The molecule has 1 heterocycles. The molecular formula is C19H16ClFN2O3S. The summed E-state index contributed by atoms with van der Waals surface area (Å²) in [6.45, 7) is 0. The summed E-state index contributed by atoms with van der Waals surface area (Å²) in [6.07, 6.45) is 3.45. The van der Waals surface area contributed by atoms with E-state index >= 15 is 0 Å². The minimum atomic E-state index is -0.548. The molecule has 0 saturated carbocycles. The van der Waals surface area contributed by atoms with Crippen LogP contribution in [-0.2, 0) is 4.79 Å². The van der Waals surface area contributed by atoms with Gasteiger partial charge in [-0.2, -0.15) is 0 Å². The van der Waals surface area contributed by atoms with Crippen LogP contribution >= 0.6 is 23.4 Å². The molecule has 0 fully saturated rings. The number of halogens is 2. The molecule has 2 aromatic carbocycles. The van der Waals surface area contributed by atoms with Gasteiger partial charge in [0, 0.05) is 11.6 Å². The van der Waals surface area contributed by atoms with Crippen molar-refractivity contribution in [3.63, 3.8) is 0 Å². The van der Waals surface area contributed by atoms with Gasteiger partial charge >= 0.3 is 0 Å². The molecule has 27 heavy (non-hydrogen) atoms. The summed E-state index contributed by atoms with van der Waals surface area (Å²) >= 11 is 7.17. The summed E-state index contributed by atoms with van der Waals surface area (Å²) in [6, 6.07) is 9.38. The van der Waals surface area contributed by atoms with Crippen LogP contribution in [0.5, 0.6) is 11.5 Å². The molecule has 0 aliphatic carbocycles. The molecule has 0 N–H and O–H groups in total. The number of carbonyl (C=O) groups excluding carboxylic acids is 1. The third-order valence-corrected chi connectivity index (χ3v) is 4.84. The second-order valence-electron chi connectivity index (χ2n) is 5.47. The van der Waals surface area contributed by atoms with Crippen molar-refractivity contribution in [2.24, 2.45) is 4.99 Å². The van der Waals surface area contributed by atoms with Gasteiger partial charge in [0.25, 0.3) is 5.91 Å². The molecule has 1 amide bonds. The van der Waals surface area contributed by atoms with E-state index in [4.69, 9.17) is 21.1 Å². The van der Waals surface area contributed by atoms with E-state index in [-0.39, 0.29) is 16.6 Å². The lowest BCUT2D eigenvalue weighted by atomic mass is 10.1. The molecule has 0 radical (unpaired) electrons. The van der Waals surface area contributed by atoms with E-state index in [0.717, 1.165) is 0 Å². The number of anilines is 1. The average Bonchev–Trinajstić information content (AvgIpc) is 2.99. The Bertz CT molecular complexity index is 962. The van der Waals surface area contributed by atoms with E-state index in [1.54, 1.807) is 37.6 Å². The fraction of sp³-hybridized carbons (Fsp3) is 0.158. The van der Waals surface area contributed by atoms with Gasteiger partial charge in [0.1, 0.15) is 23.0 Å². The van der Waals surface area contributed by atoms with Crippen LogP contribution in [0.1, 0.15) is 5.56 Å². The lowest BCUT2D eigenvalue weighted by molar-refractivity contribution is -0.113. The fourth-order valence-corrected chi connectivity index (χ4v) is 3.31. The van der Waals surface area contributed by atoms with Gasteiger partial charge in [-0.3, -0.25) is 9.69 Å². The second kappa shape index (κ2) is 8.02. The largest absolute Gasteiger partial charge is 0.497 e. The number of hydrogen-bond acceptors (Lipinski definition) is 5. The highest BCUT2D eigenvalue weighted by atomic mass is 35.5. The van der Waals surface area contributed by atoms with Crippen LogP contribution in [0.4, 0.5) is 10.1 Å². The van der Waals surface area contributed by atoms with Gasteiger partial charge in [-0.1, -0.05) is 23.4 Å². The normalized spacial score (nSPS) is 15.3. The Morgan fingerprint density at radius 2 is 1.96 bits per heavy atom. The van der Waals surface area contributed by atoms with Crippen molar-refractivity contribution in [1.82, 2.24) is 0 Å². The highest BCUT2D eigenvalue weighted by Gasteiger charge is 2.31. The first-order chi connectivity index (χ1) is 13.0. The van der Waals surface area contributed by atoms with E-state index < -0.39 is 5.82 Å². The molecule has 8 heteroatoms. The number of amidine groups is 1. The topological polar surface area (TPSA) is 51.1 Å². The van der Waals surface area contributed by atoms with Crippen molar-refractivity contribution in [3.8, 4) is 11.5 Å². The van der Waals surface area contributed by atoms with Crippen LogP contribution in [-0.4, -0.2) is 31.6 Å². The van der Waals surface area contributed by atoms with Crippen molar-refractivity contribution < 1.29 is 18.7 Å². The maximum atomic E-state index is 13.5. The molecule has 0 bridgehead atoms. The SMILES string of the molecule is COc1ccc(C=C2N=C(SC)N(c3ccc(F)c(Cl)c3)C2=O)c(OC)c1. The Hall–Kier alpha value is -2.51. The number of amides is 1. The van der Waals surface area contributed by atoms with E-state index in [0.29, 0.717) is 27.9 Å². The lowest BCUT2D eigenvalue weighted by Crippen LogP contribution is -2.30. The first-order valence-corrected chi connectivity index (χ1v) is 9.44. The molecule has 0 spiro atoms. The maximum Gasteiger partial charge on any atom is 0.283 e. The minimum Gasteiger partial charge on any atom is -0.497 e. The summed E-state index contributed by atoms with van der Waals surface area (Å²) in [5.74, 6) is 0.315. The Kier molecular flexibility index (Phi) is 5.72. The van der Waals surface area contributed by atoms with Crippen molar-refractivity contribution in [2.75, 3.05) is 25.4 Å². The monoisotopic (exact) mass is 406 g/mol. The molecule has 3 rings (SSSR count). The van der Waals surface area contributed by atoms with E-state index in [2.05, 4.69) is 4.99 Å². The highest BCUT2D eigenvalue weighted by molar-refractivity contribution is 8.13. The molecule has 140 valence electrons. The Morgan fingerprint density at radius 1 is 1.19 bits per heavy atom. The molecule has 0 aromatic heterocycles. The van der Waals surface area contributed by atoms with Gasteiger partial charge in [0.15, 0.2) is 5.17 Å². The number of ether oxygens (including phenoxy) is 2. The van der Waals surface area contributed by atoms with E-state index in [1.165, 1.54) is 42.0 Å². The number of aliphatic imine (C=N–C) groups is 1. The first kappa shape index (κ1) is 19.3. The van der Waals surface area contributed by atoms with Crippen molar-refractivity contribution in [1.29, 1.82) is 0 Å². The molecule has 0 unspecified atom stereocenters. The molecule has 2 aromatic rings. The molecule has 0 saturated heterocycles. The molecule has 0 atom stereocenters. The van der Waals surface area contributed by atoms with Crippen LogP contribution in [0.3, 0.4) is 0 Å². The zero-order chi connectivity index (χ0) is 19.6. The predicted molar refractivity (Wildman–Crippen MR) is 107 cm³/mol. The number of carbonyl (C=O) groups is 1. The predicted octanol–water partition coefficient (Wildman–Crippen LogP) is 4.60. The number of rotatable bonds is 4. The average molecular weight is 407 g/mol. The van der Waals surface area contributed by atoms with E-state index in [1.807, 2.05) is 0 Å². The maximum absolute atomic E-state index is 13.5. The number of hydrogen-bond donors (Lipinski definition) is 0. The Morgan fingerprint density at radius 3 is 2.59 bits per heavy atom. The lowest BCUT2D eigenvalue weighted by Gasteiger charge is -2.17. The van der Waals surface area contributed by atoms with Crippen molar-refractivity contribution in [2.45, 2.75) is 0 Å². The van der Waals surface area contributed by atoms with Gasteiger partial charge in [0.2, 0.25) is 0 Å². The standard InChI is InChI=1S/C19H16ClFN2O3S/c1-25-13-6-4-11(17(10-13)26-2)8-16-18(24)23(19(22-16)27-3)12-5-7-15(21)14(20)9-12/h4-10H,1-3H3. The van der Waals surface area contributed by atoms with Gasteiger partial charge in [-0.15, -0.1) is 0 Å². The van der Waals surface area contributed by atoms with Gasteiger partial charge < -0.3 is 9.47 Å². The molecule has 5 nitrogen and oxygen atoms in total. The number of nitrogens with zero attached hydrogens (tertiary/aromatic N) is 2. The highest BCUT2D eigenvalue weighted by Crippen LogP contribution is 2.33. The van der Waals surface area contributed by atoms with Crippen LogP contribution in [0.25, 0.3) is 6.08 Å². The Labute approximate surface area is 165 Å². The minimum absolute atomic E-state index is 0.0602. The molecule has 1 aliphatic rings. The van der Waals surface area contributed by atoms with Crippen molar-refractivity contribution >= 4 is 46.2 Å². The van der Waals surface area contributed by atoms with Gasteiger partial charge in [-0.05, 0) is 42.7 Å². The summed E-state index contributed by atoms with van der Waals surface area (Å²) in [4.78, 5) is 18.7. The summed E-state index contributed by atoms with van der Waals surface area (Å²) < 4.78 is 24.0. The van der Waals surface area contributed by atoms with E-state index in [9.17, 15) is 9.18 Å². The van der Waals surface area contributed by atoms with Crippen LogP contribution < -0.4 is 14.4 Å². The summed E-state index contributed by atoms with van der Waals surface area (Å²) in [5, 5.41) is 0.413. The second-order valence-corrected chi connectivity index (χ2v) is 6.66. The third-order valence-electron chi connectivity index (χ3n) is 3.91. The summed E-state index contributed by atoms with van der Waals surface area (Å²) in [5.41, 5.74) is 1.37. The number of thioether (sulfide) groups is 1. The molecule has 1 aliphatic heterocycles. The van der Waals surface area contributed by atoms with Gasteiger partial charge in [0.05, 0.1) is 24.9 Å². The van der Waals surface area contributed by atoms with Gasteiger partial charge in [-0.25, -0.2) is 9.38 Å². The van der Waals surface area contributed by atoms with Crippen LogP contribution in [0.15, 0.2) is 47.1 Å². The Balaban J connectivity index is 2.01. The third kappa shape index (κ3) is 3.79. The quantitative estimate of drug-likeness (QED) is 0.696. The zero-order valence-electron chi connectivity index (χ0n) is 14.8. The zero-order valence-corrected chi connectivity index (χ0v) is 16.4. The number of benzene rings is 2.